The van der Waals surface area contributed by atoms with E-state index in [2.05, 4.69) is 94.4 Å². The van der Waals surface area contributed by atoms with Gasteiger partial charge in [0.25, 0.3) is 0 Å². The van der Waals surface area contributed by atoms with Crippen LogP contribution in [-0.4, -0.2) is 22.6 Å². The molecular weight excluding hydrogens is 468 g/mol. The molecule has 1 spiro atoms. The number of ether oxygens (including phenoxy) is 1. The van der Waals surface area contributed by atoms with Crippen molar-refractivity contribution in [1.29, 1.82) is 0 Å². The number of aryl methyl sites for hydroxylation is 2. The fraction of sp³-hybridized carbons (Fsp3) is 0.206. The number of benzene rings is 4. The third-order valence-corrected chi connectivity index (χ3v) is 8.16. The van der Waals surface area contributed by atoms with Crippen molar-refractivity contribution >= 4 is 22.4 Å². The lowest BCUT2D eigenvalue weighted by molar-refractivity contribution is 0.0379. The number of aromatic nitrogens is 1. The van der Waals surface area contributed by atoms with E-state index >= 15 is 0 Å². The SMILES string of the molecule is O=C1c2ccccc2N(CCc2ccccc2)C12CCc1c(c3ccccc3n1CCc1ccccc1)O2. The van der Waals surface area contributed by atoms with Crippen molar-refractivity contribution in [3.63, 3.8) is 0 Å². The number of anilines is 1. The summed E-state index contributed by atoms with van der Waals surface area (Å²) >= 11 is 0. The van der Waals surface area contributed by atoms with Crippen LogP contribution in [0, 0.1) is 0 Å². The second-order valence-electron chi connectivity index (χ2n) is 10.3. The van der Waals surface area contributed by atoms with E-state index in [1.807, 2.05) is 24.3 Å². The van der Waals surface area contributed by atoms with E-state index in [9.17, 15) is 4.79 Å². The minimum atomic E-state index is -1.01. The highest BCUT2D eigenvalue weighted by Gasteiger charge is 2.55. The van der Waals surface area contributed by atoms with Gasteiger partial charge in [-0.15, -0.1) is 0 Å². The Hall–Kier alpha value is -4.31. The van der Waals surface area contributed by atoms with Gasteiger partial charge in [-0.3, -0.25) is 4.79 Å². The summed E-state index contributed by atoms with van der Waals surface area (Å²) in [5, 5.41) is 1.08. The Bertz CT molecular complexity index is 1620. The first-order valence-corrected chi connectivity index (χ1v) is 13.5. The lowest BCUT2D eigenvalue weighted by Crippen LogP contribution is -2.57. The number of Topliss-reactive ketones (excluding diaryl/α,β-unsaturated/α-hetero) is 1. The predicted octanol–water partition coefficient (Wildman–Crippen LogP) is 6.85. The quantitative estimate of drug-likeness (QED) is 0.257. The zero-order valence-electron chi connectivity index (χ0n) is 21.3. The average Bonchev–Trinajstić information content (AvgIpc) is 3.41. The van der Waals surface area contributed by atoms with Gasteiger partial charge in [-0.05, 0) is 54.7 Å². The van der Waals surface area contributed by atoms with Crippen molar-refractivity contribution in [2.45, 2.75) is 38.0 Å². The molecule has 1 atom stereocenters. The Morgan fingerprint density at radius 3 is 2.11 bits per heavy atom. The van der Waals surface area contributed by atoms with Crippen LogP contribution in [0.15, 0.2) is 109 Å². The average molecular weight is 499 g/mol. The van der Waals surface area contributed by atoms with Gasteiger partial charge in [0.1, 0.15) is 0 Å². The molecule has 2 aliphatic rings. The second-order valence-corrected chi connectivity index (χ2v) is 10.3. The lowest BCUT2D eigenvalue weighted by atomic mass is 9.95. The first kappa shape index (κ1) is 22.9. The lowest BCUT2D eigenvalue weighted by Gasteiger charge is -2.41. The minimum Gasteiger partial charge on any atom is -0.458 e. The fourth-order valence-corrected chi connectivity index (χ4v) is 6.30. The van der Waals surface area contributed by atoms with E-state index in [1.54, 1.807) is 0 Å². The molecular formula is C34H30N2O2. The van der Waals surface area contributed by atoms with Gasteiger partial charge in [0.15, 0.2) is 5.75 Å². The topological polar surface area (TPSA) is 34.5 Å². The molecule has 188 valence electrons. The highest BCUT2D eigenvalue weighted by molar-refractivity contribution is 6.13. The summed E-state index contributed by atoms with van der Waals surface area (Å²) in [6.07, 6.45) is 3.22. The first-order chi connectivity index (χ1) is 18.7. The molecule has 0 bridgehead atoms. The van der Waals surface area contributed by atoms with Crippen LogP contribution in [-0.2, 0) is 25.8 Å². The number of hydrogen-bond acceptors (Lipinski definition) is 3. The Morgan fingerprint density at radius 1 is 0.711 bits per heavy atom. The number of nitrogens with zero attached hydrogens (tertiary/aromatic N) is 2. The van der Waals surface area contributed by atoms with Crippen LogP contribution >= 0.6 is 0 Å². The third-order valence-electron chi connectivity index (χ3n) is 8.16. The van der Waals surface area contributed by atoms with Crippen LogP contribution in [0.25, 0.3) is 10.9 Å². The van der Waals surface area contributed by atoms with Gasteiger partial charge < -0.3 is 14.2 Å². The maximum atomic E-state index is 14.1. The van der Waals surface area contributed by atoms with Crippen LogP contribution in [0.4, 0.5) is 5.69 Å². The zero-order chi connectivity index (χ0) is 25.5. The maximum Gasteiger partial charge on any atom is 0.247 e. The standard InChI is InChI=1S/C34H30N2O2/c37-33-28-16-8-10-18-30(28)36(24-21-26-13-5-2-6-14-26)34(33)22-19-31-32(38-34)27-15-7-9-17-29(27)35(31)23-20-25-11-3-1-4-12-25/h1-18H,19-24H2. The van der Waals surface area contributed by atoms with Gasteiger partial charge in [0.2, 0.25) is 11.5 Å². The number of carbonyl (C=O) groups excluding carboxylic acids is 1. The zero-order valence-corrected chi connectivity index (χ0v) is 21.3. The van der Waals surface area contributed by atoms with Gasteiger partial charge in [0.05, 0.1) is 16.9 Å². The van der Waals surface area contributed by atoms with Crippen LogP contribution in [0.2, 0.25) is 0 Å². The van der Waals surface area contributed by atoms with Gasteiger partial charge in [-0.25, -0.2) is 0 Å². The van der Waals surface area contributed by atoms with Crippen molar-refractivity contribution in [2.75, 3.05) is 11.4 Å². The third kappa shape index (κ3) is 3.63. The maximum absolute atomic E-state index is 14.1. The fourth-order valence-electron chi connectivity index (χ4n) is 6.30. The van der Waals surface area contributed by atoms with E-state index in [1.165, 1.54) is 22.3 Å². The Kier molecular flexibility index (Phi) is 5.54. The summed E-state index contributed by atoms with van der Waals surface area (Å²) < 4.78 is 9.39. The molecule has 4 aromatic carbocycles. The van der Waals surface area contributed by atoms with Gasteiger partial charge in [-0.1, -0.05) is 84.9 Å². The number of fused-ring (bicyclic) bond motifs is 4. The van der Waals surface area contributed by atoms with Crippen LogP contribution in [0.5, 0.6) is 5.75 Å². The summed E-state index contributed by atoms with van der Waals surface area (Å²) in [5.74, 6) is 0.943. The number of para-hydroxylation sites is 2. The van der Waals surface area contributed by atoms with Crippen molar-refractivity contribution in [3.8, 4) is 5.75 Å². The van der Waals surface area contributed by atoms with Crippen LogP contribution in [0.1, 0.15) is 33.6 Å². The molecule has 5 aromatic rings. The van der Waals surface area contributed by atoms with Crippen molar-refractivity contribution in [3.05, 3.63) is 132 Å². The Labute approximate surface area is 223 Å². The molecule has 0 fully saturated rings. The van der Waals surface area contributed by atoms with Crippen LogP contribution in [0.3, 0.4) is 0 Å². The Morgan fingerprint density at radius 2 is 1.34 bits per heavy atom. The molecule has 1 unspecified atom stereocenters. The minimum absolute atomic E-state index is 0.0768. The number of carbonyl (C=O) groups is 1. The molecule has 3 heterocycles. The van der Waals surface area contributed by atoms with E-state index in [4.69, 9.17) is 4.74 Å². The molecule has 7 rings (SSSR count). The van der Waals surface area contributed by atoms with Crippen molar-refractivity contribution < 1.29 is 9.53 Å². The molecule has 38 heavy (non-hydrogen) atoms. The van der Waals surface area contributed by atoms with E-state index in [0.717, 1.165) is 54.7 Å². The van der Waals surface area contributed by atoms with Gasteiger partial charge >= 0.3 is 0 Å². The summed E-state index contributed by atoms with van der Waals surface area (Å²) in [6.45, 7) is 1.59. The van der Waals surface area contributed by atoms with Gasteiger partial charge in [-0.2, -0.15) is 0 Å². The number of ketones is 1. The monoisotopic (exact) mass is 498 g/mol. The molecule has 0 amide bonds. The normalized spacial score (nSPS) is 18.0. The smallest absolute Gasteiger partial charge is 0.247 e. The molecule has 2 aliphatic heterocycles. The molecule has 1 aromatic heterocycles. The first-order valence-electron chi connectivity index (χ1n) is 13.5. The summed E-state index contributed by atoms with van der Waals surface area (Å²) in [5.41, 5.74) is 5.67. The highest BCUT2D eigenvalue weighted by Crippen LogP contribution is 2.48. The van der Waals surface area contributed by atoms with E-state index < -0.39 is 5.72 Å². The molecule has 4 nitrogen and oxygen atoms in total. The van der Waals surface area contributed by atoms with Gasteiger partial charge in [0, 0.05) is 30.5 Å². The molecule has 0 saturated carbocycles. The van der Waals surface area contributed by atoms with E-state index in [0.29, 0.717) is 6.42 Å². The summed E-state index contributed by atoms with van der Waals surface area (Å²) in [6, 6.07) is 37.5. The largest absolute Gasteiger partial charge is 0.458 e. The molecule has 0 aliphatic carbocycles. The molecule has 0 N–H and O–H groups in total. The summed E-state index contributed by atoms with van der Waals surface area (Å²) in [4.78, 5) is 16.3. The summed E-state index contributed by atoms with van der Waals surface area (Å²) in [7, 11) is 0. The van der Waals surface area contributed by atoms with Crippen molar-refractivity contribution in [2.24, 2.45) is 0 Å². The number of hydrogen-bond donors (Lipinski definition) is 0. The molecule has 4 heteroatoms. The van der Waals surface area contributed by atoms with E-state index in [-0.39, 0.29) is 5.78 Å². The molecule has 0 saturated heterocycles. The number of rotatable bonds is 6. The molecule has 0 radical (unpaired) electrons. The second kappa shape index (κ2) is 9.21. The van der Waals surface area contributed by atoms with Crippen LogP contribution < -0.4 is 9.64 Å². The predicted molar refractivity (Wildman–Crippen MR) is 152 cm³/mol. The Balaban J connectivity index is 1.28. The van der Waals surface area contributed by atoms with Crippen molar-refractivity contribution in [1.82, 2.24) is 4.57 Å². The highest BCUT2D eigenvalue weighted by atomic mass is 16.5.